The monoisotopic (exact) mass is 411 g/mol. The van der Waals surface area contributed by atoms with Gasteiger partial charge in [0.05, 0.1) is 12.6 Å². The molecule has 1 aliphatic carbocycles. The van der Waals surface area contributed by atoms with Crippen molar-refractivity contribution in [2.75, 3.05) is 26.2 Å². The molecule has 0 unspecified atom stereocenters. The maximum atomic E-state index is 11.7. The Labute approximate surface area is 172 Å². The lowest BCUT2D eigenvalue weighted by Gasteiger charge is -2.40. The number of amides is 1. The molecule has 1 saturated heterocycles. The molecule has 3 rings (SSSR count). The van der Waals surface area contributed by atoms with Crippen molar-refractivity contribution < 1.29 is 19.4 Å². The van der Waals surface area contributed by atoms with E-state index in [1.165, 1.54) is 12.8 Å². The van der Waals surface area contributed by atoms with Crippen LogP contribution >= 0.6 is 0 Å². The van der Waals surface area contributed by atoms with Crippen LogP contribution in [-0.2, 0) is 14.3 Å². The van der Waals surface area contributed by atoms with Gasteiger partial charge in [-0.2, -0.15) is 0 Å². The summed E-state index contributed by atoms with van der Waals surface area (Å²) in [6, 6.07) is 0.0152. The molecule has 2 aliphatic heterocycles. The number of aliphatic hydroxyl groups excluding tert-OH is 1. The van der Waals surface area contributed by atoms with Crippen LogP contribution in [0.1, 0.15) is 44.9 Å². The van der Waals surface area contributed by atoms with Crippen LogP contribution in [0.5, 0.6) is 0 Å². The molecule has 1 amide bonds. The van der Waals surface area contributed by atoms with Crippen molar-refractivity contribution in [3.05, 3.63) is 11.8 Å². The lowest BCUT2D eigenvalue weighted by molar-refractivity contribution is -0.195. The normalized spacial score (nSPS) is 35.1. The summed E-state index contributed by atoms with van der Waals surface area (Å²) in [4.78, 5) is 11.7. The molecule has 0 aromatic heterocycles. The Morgan fingerprint density at radius 1 is 1.38 bits per heavy atom. The van der Waals surface area contributed by atoms with Crippen LogP contribution in [0.15, 0.2) is 11.8 Å². The molecule has 9 heteroatoms. The molecule has 0 aromatic rings. The molecule has 3 aliphatic rings. The predicted octanol–water partition coefficient (Wildman–Crippen LogP) is -0.951. The Morgan fingerprint density at radius 3 is 2.97 bits per heavy atom. The van der Waals surface area contributed by atoms with Gasteiger partial charge < -0.3 is 42.0 Å². The molecule has 1 saturated carbocycles. The standard InChI is InChI=1S/C20H37N5O4/c21-7-6-18(27)25-14-9-16(22)20(17(26)10-14)29-19-5-1-4-15(28-19)12-23-11-13-3-2-8-24-13/h4,13-14,16-17,19-20,23-24,26H,1-3,5-12,21-22H2,(H,25,27)/t13-,14-,16+,17-,19-,20-/m1/s1. The molecule has 2 fully saturated rings. The highest BCUT2D eigenvalue weighted by molar-refractivity contribution is 5.76. The second-order valence-electron chi connectivity index (χ2n) is 8.33. The molecule has 6 atom stereocenters. The summed E-state index contributed by atoms with van der Waals surface area (Å²) in [5.41, 5.74) is 11.7. The summed E-state index contributed by atoms with van der Waals surface area (Å²) in [5, 5.41) is 20.3. The summed E-state index contributed by atoms with van der Waals surface area (Å²) in [5.74, 6) is 0.770. The Balaban J connectivity index is 1.41. The summed E-state index contributed by atoms with van der Waals surface area (Å²) in [6.45, 7) is 3.01. The molecular formula is C20H37N5O4. The second-order valence-corrected chi connectivity index (χ2v) is 8.33. The van der Waals surface area contributed by atoms with Crippen molar-refractivity contribution in [2.24, 2.45) is 11.5 Å². The Morgan fingerprint density at radius 2 is 2.24 bits per heavy atom. The average molecular weight is 412 g/mol. The van der Waals surface area contributed by atoms with Crippen molar-refractivity contribution in [2.45, 2.75) is 81.6 Å². The highest BCUT2D eigenvalue weighted by Gasteiger charge is 2.38. The zero-order chi connectivity index (χ0) is 20.6. The number of ether oxygens (including phenoxy) is 2. The first kappa shape index (κ1) is 22.5. The molecule has 9 nitrogen and oxygen atoms in total. The molecule has 0 aromatic carbocycles. The Kier molecular flexibility index (Phi) is 8.70. The number of carbonyl (C=O) groups excluding carboxylic acids is 1. The van der Waals surface area contributed by atoms with Gasteiger partial charge in [0, 0.05) is 44.1 Å². The fraction of sp³-hybridized carbons (Fsp3) is 0.850. The van der Waals surface area contributed by atoms with Gasteiger partial charge in [-0.05, 0) is 44.7 Å². The van der Waals surface area contributed by atoms with E-state index in [0.717, 1.165) is 31.7 Å². The quantitative estimate of drug-likeness (QED) is 0.285. The first-order valence-electron chi connectivity index (χ1n) is 10.9. The van der Waals surface area contributed by atoms with Gasteiger partial charge in [-0.1, -0.05) is 0 Å². The van der Waals surface area contributed by atoms with E-state index in [1.807, 2.05) is 0 Å². The molecule has 166 valence electrons. The third kappa shape index (κ3) is 6.91. The van der Waals surface area contributed by atoms with Gasteiger partial charge in [0.2, 0.25) is 5.91 Å². The van der Waals surface area contributed by atoms with Gasteiger partial charge in [0.25, 0.3) is 0 Å². The van der Waals surface area contributed by atoms with E-state index < -0.39 is 18.5 Å². The fourth-order valence-corrected chi connectivity index (χ4v) is 4.35. The summed E-state index contributed by atoms with van der Waals surface area (Å²) < 4.78 is 12.0. The average Bonchev–Trinajstić information content (AvgIpc) is 3.19. The van der Waals surface area contributed by atoms with Crippen molar-refractivity contribution in [1.82, 2.24) is 16.0 Å². The van der Waals surface area contributed by atoms with Gasteiger partial charge in [-0.25, -0.2) is 0 Å². The smallest absolute Gasteiger partial charge is 0.221 e. The van der Waals surface area contributed by atoms with E-state index in [4.69, 9.17) is 20.9 Å². The lowest BCUT2D eigenvalue weighted by Crippen LogP contribution is -2.57. The largest absolute Gasteiger partial charge is 0.468 e. The number of rotatable bonds is 9. The first-order valence-corrected chi connectivity index (χ1v) is 10.9. The maximum Gasteiger partial charge on any atom is 0.221 e. The van der Waals surface area contributed by atoms with Gasteiger partial charge in [-0.15, -0.1) is 0 Å². The van der Waals surface area contributed by atoms with Crippen molar-refractivity contribution in [3.63, 3.8) is 0 Å². The third-order valence-corrected chi connectivity index (χ3v) is 5.84. The minimum absolute atomic E-state index is 0.109. The van der Waals surface area contributed by atoms with E-state index in [1.54, 1.807) is 0 Å². The highest BCUT2D eigenvalue weighted by Crippen LogP contribution is 2.26. The summed E-state index contributed by atoms with van der Waals surface area (Å²) >= 11 is 0. The van der Waals surface area contributed by atoms with Gasteiger partial charge >= 0.3 is 0 Å². The Bertz CT molecular complexity index is 543. The van der Waals surface area contributed by atoms with Crippen LogP contribution in [0.3, 0.4) is 0 Å². The number of allylic oxidation sites excluding steroid dienone is 1. The molecular weight excluding hydrogens is 374 g/mol. The van der Waals surface area contributed by atoms with E-state index in [2.05, 4.69) is 22.0 Å². The molecule has 29 heavy (non-hydrogen) atoms. The highest BCUT2D eigenvalue weighted by atomic mass is 16.7. The number of carbonyl (C=O) groups is 1. The molecule has 0 spiro atoms. The second kappa shape index (κ2) is 11.2. The van der Waals surface area contributed by atoms with E-state index in [0.29, 0.717) is 32.0 Å². The van der Waals surface area contributed by atoms with Crippen LogP contribution in [0.25, 0.3) is 0 Å². The van der Waals surface area contributed by atoms with Crippen LogP contribution in [0, 0.1) is 0 Å². The van der Waals surface area contributed by atoms with Crippen LogP contribution in [0.4, 0.5) is 0 Å². The van der Waals surface area contributed by atoms with Crippen molar-refractivity contribution in [1.29, 1.82) is 0 Å². The van der Waals surface area contributed by atoms with E-state index >= 15 is 0 Å². The molecule has 0 bridgehead atoms. The first-order chi connectivity index (χ1) is 14.0. The van der Waals surface area contributed by atoms with Crippen LogP contribution < -0.4 is 27.4 Å². The maximum absolute atomic E-state index is 11.7. The van der Waals surface area contributed by atoms with Crippen molar-refractivity contribution >= 4 is 5.91 Å². The number of nitrogens with one attached hydrogen (secondary N) is 3. The van der Waals surface area contributed by atoms with Crippen LogP contribution in [-0.4, -0.2) is 73.8 Å². The molecule has 2 heterocycles. The number of hydrogen-bond acceptors (Lipinski definition) is 8. The summed E-state index contributed by atoms with van der Waals surface area (Å²) in [7, 11) is 0. The molecule has 8 N–H and O–H groups in total. The number of hydrogen-bond donors (Lipinski definition) is 6. The van der Waals surface area contributed by atoms with E-state index in [-0.39, 0.29) is 24.4 Å². The third-order valence-electron chi connectivity index (χ3n) is 5.84. The Hall–Kier alpha value is -1.23. The minimum atomic E-state index is -0.744. The van der Waals surface area contributed by atoms with Gasteiger partial charge in [-0.3, -0.25) is 4.79 Å². The lowest BCUT2D eigenvalue weighted by atomic mass is 9.86. The van der Waals surface area contributed by atoms with Gasteiger partial charge in [0.15, 0.2) is 6.29 Å². The zero-order valence-electron chi connectivity index (χ0n) is 17.1. The topological polar surface area (TPSA) is 144 Å². The fourth-order valence-electron chi connectivity index (χ4n) is 4.35. The van der Waals surface area contributed by atoms with E-state index in [9.17, 15) is 9.90 Å². The van der Waals surface area contributed by atoms with Gasteiger partial charge in [0.1, 0.15) is 11.9 Å². The minimum Gasteiger partial charge on any atom is -0.468 e. The van der Waals surface area contributed by atoms with Crippen molar-refractivity contribution in [3.8, 4) is 0 Å². The number of nitrogens with two attached hydrogens (primary N) is 2. The van der Waals surface area contributed by atoms with Crippen LogP contribution in [0.2, 0.25) is 0 Å². The predicted molar refractivity (Wildman–Crippen MR) is 110 cm³/mol. The zero-order valence-corrected chi connectivity index (χ0v) is 17.1. The molecule has 0 radical (unpaired) electrons. The summed E-state index contributed by atoms with van der Waals surface area (Å²) in [6.07, 6.45) is 5.75. The SMILES string of the molecule is NCCC(=O)N[C@H]1C[C@@H](O)[C@H](O[C@@H]2CCC=C(CNC[C@H]3CCCN3)O2)[C@@H](N)C1. The number of aliphatic hydroxyl groups is 1.